The maximum Gasteiger partial charge on any atom is -0.0233 e. The van der Waals surface area contributed by atoms with Crippen LogP contribution in [0.4, 0.5) is 0 Å². The Labute approximate surface area is 77.4 Å². The highest BCUT2D eigenvalue weighted by Crippen LogP contribution is 2.18. The summed E-state index contributed by atoms with van der Waals surface area (Å²) in [5, 5.41) is 0. The molecule has 0 nitrogen and oxygen atoms in total. The summed E-state index contributed by atoms with van der Waals surface area (Å²) in [6.45, 7) is 12.3. The largest absolute Gasteiger partial charge is 0.103 e. The standard InChI is InChI=1S/C12H22/c1-5-8-12(7-3)10-9-11(4)6-2/h7,12H,3-6,8-10H2,1-2H3. The van der Waals surface area contributed by atoms with Gasteiger partial charge in [0.15, 0.2) is 0 Å². The molecule has 0 aromatic heterocycles. The summed E-state index contributed by atoms with van der Waals surface area (Å²) >= 11 is 0. The van der Waals surface area contributed by atoms with Crippen molar-refractivity contribution in [3.05, 3.63) is 24.8 Å². The maximum absolute atomic E-state index is 4.01. The number of hydrogen-bond donors (Lipinski definition) is 0. The molecule has 0 heteroatoms. The second-order valence-electron chi connectivity index (χ2n) is 3.43. The van der Waals surface area contributed by atoms with Crippen LogP contribution in [0.15, 0.2) is 24.8 Å². The molecule has 0 aromatic rings. The van der Waals surface area contributed by atoms with E-state index in [1.807, 2.05) is 0 Å². The van der Waals surface area contributed by atoms with Crippen LogP contribution in [0, 0.1) is 5.92 Å². The van der Waals surface area contributed by atoms with Crippen molar-refractivity contribution in [3.63, 3.8) is 0 Å². The Hall–Kier alpha value is -0.520. The number of rotatable bonds is 7. The minimum Gasteiger partial charge on any atom is -0.103 e. The Kier molecular flexibility index (Phi) is 6.84. The van der Waals surface area contributed by atoms with E-state index >= 15 is 0 Å². The molecule has 0 aliphatic rings. The quantitative estimate of drug-likeness (QED) is 0.494. The second-order valence-corrected chi connectivity index (χ2v) is 3.43. The monoisotopic (exact) mass is 166 g/mol. The first kappa shape index (κ1) is 11.5. The SMILES string of the molecule is C=CC(CCC)CCC(=C)CC. The van der Waals surface area contributed by atoms with Crippen molar-refractivity contribution in [2.75, 3.05) is 0 Å². The summed E-state index contributed by atoms with van der Waals surface area (Å²) < 4.78 is 0. The molecule has 0 amide bonds. The predicted octanol–water partition coefficient (Wildman–Crippen LogP) is 4.34. The molecule has 0 saturated heterocycles. The molecule has 0 radical (unpaired) electrons. The van der Waals surface area contributed by atoms with E-state index in [4.69, 9.17) is 0 Å². The summed E-state index contributed by atoms with van der Waals surface area (Å²) in [5.74, 6) is 0.707. The summed E-state index contributed by atoms with van der Waals surface area (Å²) in [6.07, 6.45) is 8.16. The van der Waals surface area contributed by atoms with Crippen LogP contribution in [-0.4, -0.2) is 0 Å². The second kappa shape index (κ2) is 7.15. The van der Waals surface area contributed by atoms with Gasteiger partial charge >= 0.3 is 0 Å². The molecule has 0 heterocycles. The summed E-state index contributed by atoms with van der Waals surface area (Å²) in [6, 6.07) is 0. The maximum atomic E-state index is 4.01. The molecular weight excluding hydrogens is 144 g/mol. The zero-order chi connectivity index (χ0) is 9.40. The van der Waals surface area contributed by atoms with Gasteiger partial charge in [-0.1, -0.05) is 38.5 Å². The van der Waals surface area contributed by atoms with Crippen LogP contribution in [0.3, 0.4) is 0 Å². The zero-order valence-electron chi connectivity index (χ0n) is 8.60. The van der Waals surface area contributed by atoms with Crippen molar-refractivity contribution < 1.29 is 0 Å². The van der Waals surface area contributed by atoms with E-state index in [1.54, 1.807) is 0 Å². The molecule has 12 heavy (non-hydrogen) atoms. The lowest BCUT2D eigenvalue weighted by atomic mass is 9.95. The van der Waals surface area contributed by atoms with Gasteiger partial charge in [0, 0.05) is 0 Å². The van der Waals surface area contributed by atoms with Crippen molar-refractivity contribution >= 4 is 0 Å². The van der Waals surface area contributed by atoms with Gasteiger partial charge in [-0.2, -0.15) is 0 Å². The van der Waals surface area contributed by atoms with Crippen molar-refractivity contribution in [2.24, 2.45) is 5.92 Å². The summed E-state index contributed by atoms with van der Waals surface area (Å²) in [7, 11) is 0. The first-order valence-corrected chi connectivity index (χ1v) is 5.03. The fourth-order valence-electron chi connectivity index (χ4n) is 1.32. The molecule has 1 unspecified atom stereocenters. The van der Waals surface area contributed by atoms with Crippen molar-refractivity contribution in [1.29, 1.82) is 0 Å². The lowest BCUT2D eigenvalue weighted by molar-refractivity contribution is 0.534. The van der Waals surface area contributed by atoms with Gasteiger partial charge in [0.1, 0.15) is 0 Å². The molecule has 0 spiro atoms. The summed E-state index contributed by atoms with van der Waals surface area (Å²) in [4.78, 5) is 0. The van der Waals surface area contributed by atoms with Gasteiger partial charge in [-0.05, 0) is 31.6 Å². The van der Waals surface area contributed by atoms with Crippen LogP contribution < -0.4 is 0 Å². The normalized spacial score (nSPS) is 12.5. The Balaban J connectivity index is 3.57. The van der Waals surface area contributed by atoms with E-state index in [1.165, 1.54) is 31.3 Å². The molecule has 0 aromatic carbocycles. The van der Waals surface area contributed by atoms with E-state index in [-0.39, 0.29) is 0 Å². The van der Waals surface area contributed by atoms with Crippen molar-refractivity contribution in [2.45, 2.75) is 46.0 Å². The lowest BCUT2D eigenvalue weighted by Crippen LogP contribution is -1.96. The van der Waals surface area contributed by atoms with Gasteiger partial charge in [-0.15, -0.1) is 6.58 Å². The van der Waals surface area contributed by atoms with Crippen LogP contribution in [0.25, 0.3) is 0 Å². The Morgan fingerprint density at radius 3 is 2.42 bits per heavy atom. The highest BCUT2D eigenvalue weighted by Gasteiger charge is 2.02. The lowest BCUT2D eigenvalue weighted by Gasteiger charge is -2.11. The molecule has 0 fully saturated rings. The van der Waals surface area contributed by atoms with Crippen LogP contribution in [0.2, 0.25) is 0 Å². The van der Waals surface area contributed by atoms with Gasteiger partial charge in [0.25, 0.3) is 0 Å². The fraction of sp³-hybridized carbons (Fsp3) is 0.667. The van der Waals surface area contributed by atoms with Crippen LogP contribution in [-0.2, 0) is 0 Å². The first-order chi connectivity index (χ1) is 5.74. The Bertz CT molecular complexity index is 133. The third kappa shape index (κ3) is 5.17. The third-order valence-corrected chi connectivity index (χ3v) is 2.36. The van der Waals surface area contributed by atoms with Crippen LogP contribution >= 0.6 is 0 Å². The molecule has 1 atom stereocenters. The molecule has 0 aliphatic carbocycles. The highest BCUT2D eigenvalue weighted by atomic mass is 14.1. The third-order valence-electron chi connectivity index (χ3n) is 2.36. The van der Waals surface area contributed by atoms with E-state index in [9.17, 15) is 0 Å². The molecular formula is C12H22. The minimum absolute atomic E-state index is 0.707. The van der Waals surface area contributed by atoms with Crippen molar-refractivity contribution in [3.8, 4) is 0 Å². The van der Waals surface area contributed by atoms with Gasteiger partial charge in [0.2, 0.25) is 0 Å². The predicted molar refractivity (Wildman–Crippen MR) is 57.3 cm³/mol. The smallest absolute Gasteiger partial charge is 0.0233 e. The minimum atomic E-state index is 0.707. The summed E-state index contributed by atoms with van der Waals surface area (Å²) in [5.41, 5.74) is 1.37. The molecule has 0 bridgehead atoms. The zero-order valence-corrected chi connectivity index (χ0v) is 8.60. The topological polar surface area (TPSA) is 0 Å². The average Bonchev–Trinajstić information content (AvgIpc) is 2.11. The Morgan fingerprint density at radius 2 is 2.00 bits per heavy atom. The first-order valence-electron chi connectivity index (χ1n) is 5.03. The molecule has 0 saturated carbocycles. The van der Waals surface area contributed by atoms with E-state index < -0.39 is 0 Å². The van der Waals surface area contributed by atoms with E-state index in [0.29, 0.717) is 5.92 Å². The van der Waals surface area contributed by atoms with Gasteiger partial charge in [-0.25, -0.2) is 0 Å². The number of allylic oxidation sites excluding steroid dienone is 2. The van der Waals surface area contributed by atoms with Crippen LogP contribution in [0.1, 0.15) is 46.0 Å². The fourth-order valence-corrected chi connectivity index (χ4v) is 1.32. The molecule has 0 aliphatic heterocycles. The van der Waals surface area contributed by atoms with Gasteiger partial charge in [0.05, 0.1) is 0 Å². The van der Waals surface area contributed by atoms with Crippen molar-refractivity contribution in [1.82, 2.24) is 0 Å². The molecule has 0 N–H and O–H groups in total. The molecule has 70 valence electrons. The van der Waals surface area contributed by atoms with E-state index in [0.717, 1.165) is 6.42 Å². The number of hydrogen-bond acceptors (Lipinski definition) is 0. The Morgan fingerprint density at radius 1 is 1.33 bits per heavy atom. The van der Waals surface area contributed by atoms with Gasteiger partial charge in [-0.3, -0.25) is 0 Å². The van der Waals surface area contributed by atoms with E-state index in [2.05, 4.69) is 33.1 Å². The van der Waals surface area contributed by atoms with Crippen LogP contribution in [0.5, 0.6) is 0 Å². The highest BCUT2D eigenvalue weighted by molar-refractivity contribution is 4.94. The van der Waals surface area contributed by atoms with Gasteiger partial charge < -0.3 is 0 Å². The molecule has 0 rings (SSSR count). The average molecular weight is 166 g/mol.